The number of quaternary nitrogens is 2. The van der Waals surface area contributed by atoms with Crippen LogP contribution < -0.4 is 0 Å². The molecular weight excluding hydrogens is 236 g/mol. The zero-order valence-electron chi connectivity index (χ0n) is 13.7. The normalized spacial score (nSPS) is 12.9. The minimum absolute atomic E-state index is 1.03. The summed E-state index contributed by atoms with van der Waals surface area (Å²) in [5.74, 6) is 1.25. The van der Waals surface area contributed by atoms with Crippen molar-refractivity contribution < 1.29 is 8.97 Å². The maximum atomic E-state index is 4.50. The van der Waals surface area contributed by atoms with Gasteiger partial charge in [-0.15, -0.1) is 0 Å². The average molecular weight is 268 g/mol. The van der Waals surface area contributed by atoms with Gasteiger partial charge in [0.25, 0.3) is 0 Å². The first kappa shape index (κ1) is 16.2. The lowest BCUT2D eigenvalue weighted by Crippen LogP contribution is -2.36. The van der Waals surface area contributed by atoms with Gasteiger partial charge in [0.05, 0.1) is 55.4 Å². The number of aromatic nitrogens is 2. The third kappa shape index (κ3) is 7.33. The zero-order chi connectivity index (χ0) is 14.5. The van der Waals surface area contributed by atoms with E-state index >= 15 is 0 Å². The number of aryl methyl sites for hydroxylation is 2. The fraction of sp³-hybridized carbons (Fsp3) is 0.800. The maximum Gasteiger partial charge on any atom is 0.108 e. The van der Waals surface area contributed by atoms with Gasteiger partial charge in [0.15, 0.2) is 0 Å². The monoisotopic (exact) mass is 268 g/mol. The summed E-state index contributed by atoms with van der Waals surface area (Å²) in [5.41, 5.74) is 0. The van der Waals surface area contributed by atoms with Gasteiger partial charge in [0.1, 0.15) is 5.82 Å². The van der Waals surface area contributed by atoms with Gasteiger partial charge in [-0.1, -0.05) is 0 Å². The van der Waals surface area contributed by atoms with Crippen molar-refractivity contribution in [3.63, 3.8) is 0 Å². The summed E-state index contributed by atoms with van der Waals surface area (Å²) >= 11 is 0. The largest absolute Gasteiger partial charge is 0.335 e. The molecule has 0 aliphatic rings. The molecule has 0 unspecified atom stereocenters. The molecule has 0 saturated carbocycles. The van der Waals surface area contributed by atoms with Crippen LogP contribution in [0, 0.1) is 0 Å². The number of hydrogen-bond donors (Lipinski definition) is 0. The van der Waals surface area contributed by atoms with Gasteiger partial charge in [-0.2, -0.15) is 0 Å². The summed E-state index contributed by atoms with van der Waals surface area (Å²) in [7, 11) is 13.5. The first-order chi connectivity index (χ1) is 8.67. The third-order valence-corrected chi connectivity index (χ3v) is 3.26. The Kier molecular flexibility index (Phi) is 5.56. The van der Waals surface area contributed by atoms with Crippen LogP contribution in [0.1, 0.15) is 18.7 Å². The van der Waals surface area contributed by atoms with Crippen LogP contribution in [-0.2, 0) is 13.0 Å². The second kappa shape index (κ2) is 6.53. The first-order valence-electron chi connectivity index (χ1n) is 7.28. The minimum Gasteiger partial charge on any atom is -0.335 e. The van der Waals surface area contributed by atoms with E-state index in [1.807, 2.05) is 6.20 Å². The molecule has 1 aromatic heterocycles. The van der Waals surface area contributed by atoms with Crippen LogP contribution in [0.2, 0.25) is 0 Å². The highest BCUT2D eigenvalue weighted by molar-refractivity contribution is 4.92. The quantitative estimate of drug-likeness (QED) is 0.655. The van der Waals surface area contributed by atoms with Crippen molar-refractivity contribution in [1.29, 1.82) is 0 Å². The van der Waals surface area contributed by atoms with E-state index < -0.39 is 0 Å². The lowest BCUT2D eigenvalue weighted by molar-refractivity contribution is -0.870. The van der Waals surface area contributed by atoms with Crippen LogP contribution in [-0.4, -0.2) is 73.9 Å². The van der Waals surface area contributed by atoms with Crippen molar-refractivity contribution in [3.8, 4) is 0 Å². The van der Waals surface area contributed by atoms with Crippen molar-refractivity contribution in [2.75, 3.05) is 55.4 Å². The Bertz CT molecular complexity index is 334. The van der Waals surface area contributed by atoms with Crippen molar-refractivity contribution in [1.82, 2.24) is 9.55 Å². The SMILES string of the molecule is C[N+](C)(C)CCCc1nccn1CCC[N+](C)(C)C. The van der Waals surface area contributed by atoms with E-state index in [2.05, 4.69) is 58.0 Å². The molecule has 1 heterocycles. The molecule has 4 nitrogen and oxygen atoms in total. The molecule has 0 aliphatic carbocycles. The topological polar surface area (TPSA) is 17.8 Å². The third-order valence-electron chi connectivity index (χ3n) is 3.26. The van der Waals surface area contributed by atoms with Crippen LogP contribution in [0.4, 0.5) is 0 Å². The van der Waals surface area contributed by atoms with Gasteiger partial charge in [0.2, 0.25) is 0 Å². The number of nitrogens with zero attached hydrogens (tertiary/aromatic N) is 4. The molecule has 4 heteroatoms. The molecule has 0 atom stereocenters. The maximum absolute atomic E-state index is 4.50. The summed E-state index contributed by atoms with van der Waals surface area (Å²) in [4.78, 5) is 4.50. The fourth-order valence-corrected chi connectivity index (χ4v) is 2.20. The summed E-state index contributed by atoms with van der Waals surface area (Å²) in [6, 6.07) is 0. The Morgan fingerprint density at radius 1 is 0.947 bits per heavy atom. The van der Waals surface area contributed by atoms with Crippen LogP contribution in [0.5, 0.6) is 0 Å². The van der Waals surface area contributed by atoms with Crippen molar-refractivity contribution in [2.24, 2.45) is 0 Å². The lowest BCUT2D eigenvalue weighted by atomic mass is 10.2. The fourth-order valence-electron chi connectivity index (χ4n) is 2.20. The zero-order valence-corrected chi connectivity index (χ0v) is 13.7. The van der Waals surface area contributed by atoms with E-state index in [1.54, 1.807) is 0 Å². The molecule has 0 aliphatic heterocycles. The van der Waals surface area contributed by atoms with Crippen molar-refractivity contribution >= 4 is 0 Å². The van der Waals surface area contributed by atoms with Crippen molar-refractivity contribution in [3.05, 3.63) is 18.2 Å². The van der Waals surface area contributed by atoms with Gasteiger partial charge in [0, 0.05) is 38.2 Å². The number of rotatable bonds is 8. The van der Waals surface area contributed by atoms with Gasteiger partial charge < -0.3 is 13.5 Å². The summed E-state index contributed by atoms with van der Waals surface area (Å²) in [6.45, 7) is 3.50. The molecule has 0 amide bonds. The predicted molar refractivity (Wildman–Crippen MR) is 81.0 cm³/mol. The van der Waals surface area contributed by atoms with Crippen LogP contribution in [0.3, 0.4) is 0 Å². The highest BCUT2D eigenvalue weighted by Gasteiger charge is 2.10. The Morgan fingerprint density at radius 3 is 2.11 bits per heavy atom. The van der Waals surface area contributed by atoms with Crippen molar-refractivity contribution in [2.45, 2.75) is 25.8 Å². The predicted octanol–water partition coefficient (Wildman–Crippen LogP) is 1.62. The Labute approximate surface area is 118 Å². The molecule has 0 radical (unpaired) electrons. The second-order valence-electron chi connectivity index (χ2n) is 7.52. The molecule has 0 N–H and O–H groups in total. The Morgan fingerprint density at radius 2 is 1.53 bits per heavy atom. The van der Waals surface area contributed by atoms with E-state index in [9.17, 15) is 0 Å². The van der Waals surface area contributed by atoms with E-state index in [0.29, 0.717) is 0 Å². The average Bonchev–Trinajstić information content (AvgIpc) is 2.62. The van der Waals surface area contributed by atoms with E-state index in [0.717, 1.165) is 21.9 Å². The lowest BCUT2D eigenvalue weighted by Gasteiger charge is -2.24. The molecular formula is C15H32N4+2. The number of imidazole rings is 1. The highest BCUT2D eigenvalue weighted by atomic mass is 15.3. The van der Waals surface area contributed by atoms with Gasteiger partial charge in [-0.05, 0) is 0 Å². The molecule has 0 spiro atoms. The Hall–Kier alpha value is -0.870. The van der Waals surface area contributed by atoms with E-state index in [1.165, 1.54) is 31.8 Å². The van der Waals surface area contributed by atoms with E-state index in [4.69, 9.17) is 0 Å². The number of hydrogen-bond acceptors (Lipinski definition) is 1. The minimum atomic E-state index is 1.03. The standard InChI is InChI=1S/C15H32N4/c1-18(2,3)13-7-9-15-16-10-12-17(15)11-8-14-19(4,5)6/h10,12H,7-9,11,13-14H2,1-6H3/q+2. The highest BCUT2D eigenvalue weighted by Crippen LogP contribution is 2.06. The molecule has 0 fully saturated rings. The van der Waals surface area contributed by atoms with Gasteiger partial charge in [-0.3, -0.25) is 0 Å². The van der Waals surface area contributed by atoms with Gasteiger partial charge in [-0.25, -0.2) is 4.98 Å². The summed E-state index contributed by atoms with van der Waals surface area (Å²) < 4.78 is 4.39. The molecule has 1 rings (SSSR count). The molecule has 0 bridgehead atoms. The molecule has 19 heavy (non-hydrogen) atoms. The van der Waals surface area contributed by atoms with Crippen LogP contribution >= 0.6 is 0 Å². The van der Waals surface area contributed by atoms with Crippen LogP contribution in [0.15, 0.2) is 12.4 Å². The summed E-state index contributed by atoms with van der Waals surface area (Å²) in [6.07, 6.45) is 7.56. The smallest absolute Gasteiger partial charge is 0.108 e. The Balaban J connectivity index is 2.38. The molecule has 0 aromatic carbocycles. The van der Waals surface area contributed by atoms with Gasteiger partial charge >= 0.3 is 0 Å². The molecule has 110 valence electrons. The molecule has 1 aromatic rings. The summed E-state index contributed by atoms with van der Waals surface area (Å²) in [5, 5.41) is 0. The van der Waals surface area contributed by atoms with Crippen LogP contribution in [0.25, 0.3) is 0 Å². The molecule has 0 saturated heterocycles. The first-order valence-corrected chi connectivity index (χ1v) is 7.28. The van der Waals surface area contributed by atoms with E-state index in [-0.39, 0.29) is 0 Å². The second-order valence-corrected chi connectivity index (χ2v) is 7.52.